The Labute approximate surface area is 158 Å². The van der Waals surface area contributed by atoms with Gasteiger partial charge in [-0.25, -0.2) is 4.98 Å². The maximum absolute atomic E-state index is 12.7. The Hall–Kier alpha value is -2.89. The average Bonchev–Trinajstić information content (AvgIpc) is 3.15. The number of halogens is 3. The first-order valence-corrected chi connectivity index (χ1v) is 8.65. The van der Waals surface area contributed by atoms with Crippen molar-refractivity contribution < 1.29 is 22.8 Å². The minimum absolute atomic E-state index is 0.175. The molecule has 1 saturated heterocycles. The van der Waals surface area contributed by atoms with Crippen LogP contribution in [-0.4, -0.2) is 72.9 Å². The lowest BCUT2D eigenvalue weighted by Gasteiger charge is -2.33. The summed E-state index contributed by atoms with van der Waals surface area (Å²) >= 11 is 0. The third-order valence-corrected chi connectivity index (χ3v) is 4.41. The molecule has 0 radical (unpaired) electrons. The summed E-state index contributed by atoms with van der Waals surface area (Å²) < 4.78 is 39.3. The van der Waals surface area contributed by atoms with Crippen LogP contribution in [0.1, 0.15) is 24.7 Å². The lowest BCUT2D eigenvalue weighted by molar-refractivity contribution is -0.145. The van der Waals surface area contributed by atoms with Crippen molar-refractivity contribution in [2.75, 3.05) is 26.2 Å². The second-order valence-corrected chi connectivity index (χ2v) is 6.25. The molecule has 28 heavy (non-hydrogen) atoms. The molecule has 12 heteroatoms. The van der Waals surface area contributed by atoms with Gasteiger partial charge in [0.25, 0.3) is 5.91 Å². The van der Waals surface area contributed by atoms with E-state index in [2.05, 4.69) is 20.5 Å². The van der Waals surface area contributed by atoms with Crippen LogP contribution in [0, 0.1) is 0 Å². The molecule has 0 N–H and O–H groups in total. The van der Waals surface area contributed by atoms with Gasteiger partial charge in [0.15, 0.2) is 11.6 Å². The first kappa shape index (κ1) is 19.9. The fourth-order valence-corrected chi connectivity index (χ4v) is 2.80. The van der Waals surface area contributed by atoms with E-state index in [1.54, 1.807) is 6.92 Å². The van der Waals surface area contributed by atoms with Crippen molar-refractivity contribution in [2.24, 2.45) is 0 Å². The van der Waals surface area contributed by atoms with Gasteiger partial charge < -0.3 is 4.90 Å². The molecule has 3 rings (SSSR count). The molecule has 9 nitrogen and oxygen atoms in total. The maximum atomic E-state index is 12.7. The number of rotatable bonds is 5. The van der Waals surface area contributed by atoms with E-state index in [4.69, 9.17) is 0 Å². The van der Waals surface area contributed by atoms with Crippen molar-refractivity contribution in [3.63, 3.8) is 0 Å². The summed E-state index contributed by atoms with van der Waals surface area (Å²) in [4.78, 5) is 30.8. The van der Waals surface area contributed by atoms with Gasteiger partial charge in [-0.1, -0.05) is 6.92 Å². The summed E-state index contributed by atoms with van der Waals surface area (Å²) in [5.74, 6) is -0.293. The molecule has 1 aliphatic heterocycles. The van der Waals surface area contributed by atoms with Crippen molar-refractivity contribution in [3.8, 4) is 5.82 Å². The van der Waals surface area contributed by atoms with Crippen LogP contribution < -0.4 is 0 Å². The number of carbonyl (C=O) groups is 2. The fourth-order valence-electron chi connectivity index (χ4n) is 2.80. The number of aromatic nitrogens is 5. The van der Waals surface area contributed by atoms with Gasteiger partial charge in [0.1, 0.15) is 0 Å². The molecule has 0 atom stereocenters. The predicted molar refractivity (Wildman–Crippen MR) is 89.1 cm³/mol. The molecule has 2 aromatic rings. The summed E-state index contributed by atoms with van der Waals surface area (Å²) in [6.07, 6.45) is -3.56. The largest absolute Gasteiger partial charge is 0.417 e. The zero-order valence-electron chi connectivity index (χ0n) is 15.1. The van der Waals surface area contributed by atoms with Gasteiger partial charge in [-0.15, -0.1) is 5.10 Å². The van der Waals surface area contributed by atoms with Gasteiger partial charge >= 0.3 is 6.18 Å². The van der Waals surface area contributed by atoms with Crippen molar-refractivity contribution in [1.82, 2.24) is 35.0 Å². The Bertz CT molecular complexity index is 843. The molecule has 0 spiro atoms. The number of pyridine rings is 1. The Morgan fingerprint density at radius 1 is 1.14 bits per heavy atom. The second-order valence-electron chi connectivity index (χ2n) is 6.25. The number of carbonyl (C=O) groups excluding carboxylic acids is 2. The van der Waals surface area contributed by atoms with E-state index in [1.165, 1.54) is 15.6 Å². The summed E-state index contributed by atoms with van der Waals surface area (Å²) in [6.45, 7) is 3.84. The topological polar surface area (TPSA) is 97.1 Å². The van der Waals surface area contributed by atoms with E-state index in [0.29, 0.717) is 38.5 Å². The van der Waals surface area contributed by atoms with Crippen LogP contribution in [0.5, 0.6) is 0 Å². The number of hydrogen-bond donors (Lipinski definition) is 0. The van der Waals surface area contributed by atoms with Gasteiger partial charge in [0.2, 0.25) is 5.78 Å². The normalized spacial score (nSPS) is 15.6. The smallest absolute Gasteiger partial charge is 0.334 e. The molecule has 0 saturated carbocycles. The molecule has 150 valence electrons. The second kappa shape index (κ2) is 8.00. The number of Topliss-reactive ketones (excluding diaryl/α,β-unsaturated/α-hetero) is 1. The minimum atomic E-state index is -4.47. The standard InChI is InChI=1S/C16H18F3N7O2/c1-2-12(27)15(28)25-7-5-24(6-8-25)10-14-21-22-23-26(14)13-4-3-11(9-20-13)16(17,18)19/h3-4,9H,2,5-8,10H2,1H3. The van der Waals surface area contributed by atoms with Crippen LogP contribution in [0.4, 0.5) is 13.2 Å². The lowest BCUT2D eigenvalue weighted by Crippen LogP contribution is -2.50. The summed E-state index contributed by atoms with van der Waals surface area (Å²) in [5.41, 5.74) is -0.853. The molecule has 0 unspecified atom stereocenters. The molecule has 3 heterocycles. The quantitative estimate of drug-likeness (QED) is 0.685. The fraction of sp³-hybridized carbons (Fsp3) is 0.500. The number of nitrogens with zero attached hydrogens (tertiary/aromatic N) is 7. The molecule has 0 aromatic carbocycles. The van der Waals surface area contributed by atoms with Crippen molar-refractivity contribution in [2.45, 2.75) is 26.1 Å². The van der Waals surface area contributed by atoms with Crippen LogP contribution in [0.15, 0.2) is 18.3 Å². The van der Waals surface area contributed by atoms with Crippen molar-refractivity contribution in [3.05, 3.63) is 29.7 Å². The molecular formula is C16H18F3N7O2. The van der Waals surface area contributed by atoms with Gasteiger partial charge in [-0.2, -0.15) is 17.9 Å². The Balaban J connectivity index is 1.64. The van der Waals surface area contributed by atoms with Gasteiger partial charge in [-0.05, 0) is 22.6 Å². The SMILES string of the molecule is CCC(=O)C(=O)N1CCN(Cc2nnnn2-c2ccc(C(F)(F)F)cn2)CC1. The number of amides is 1. The molecule has 0 aliphatic carbocycles. The molecule has 1 fully saturated rings. The number of alkyl halides is 3. The van der Waals surface area contributed by atoms with Gasteiger partial charge in [0.05, 0.1) is 12.1 Å². The zero-order valence-corrected chi connectivity index (χ0v) is 15.1. The first-order chi connectivity index (χ1) is 13.3. The minimum Gasteiger partial charge on any atom is -0.334 e. The van der Waals surface area contributed by atoms with E-state index >= 15 is 0 Å². The van der Waals surface area contributed by atoms with Crippen molar-refractivity contribution >= 4 is 11.7 Å². The number of tetrazole rings is 1. The highest BCUT2D eigenvalue weighted by molar-refractivity contribution is 6.35. The monoisotopic (exact) mass is 397 g/mol. The van der Waals surface area contributed by atoms with E-state index < -0.39 is 23.4 Å². The average molecular weight is 397 g/mol. The third kappa shape index (κ3) is 4.32. The first-order valence-electron chi connectivity index (χ1n) is 8.65. The van der Waals surface area contributed by atoms with Crippen molar-refractivity contribution in [1.29, 1.82) is 0 Å². The maximum Gasteiger partial charge on any atom is 0.417 e. The molecule has 1 aliphatic rings. The predicted octanol–water partition coefficient (Wildman–Crippen LogP) is 0.699. The van der Waals surface area contributed by atoms with Gasteiger partial charge in [-0.3, -0.25) is 14.5 Å². The van der Waals surface area contributed by atoms with Crippen LogP contribution in [0.25, 0.3) is 5.82 Å². The summed E-state index contributed by atoms with van der Waals surface area (Å²) in [5, 5.41) is 11.3. The van der Waals surface area contributed by atoms with E-state index in [1.807, 2.05) is 4.90 Å². The van der Waals surface area contributed by atoms with Crippen LogP contribution in [-0.2, 0) is 22.3 Å². The van der Waals surface area contributed by atoms with Crippen LogP contribution >= 0.6 is 0 Å². The van der Waals surface area contributed by atoms with Gasteiger partial charge in [0, 0.05) is 38.8 Å². The Morgan fingerprint density at radius 3 is 2.43 bits per heavy atom. The van der Waals surface area contributed by atoms with E-state index in [-0.39, 0.29) is 12.2 Å². The number of piperazine rings is 1. The zero-order chi connectivity index (χ0) is 20.3. The highest BCUT2D eigenvalue weighted by Gasteiger charge is 2.31. The Kier molecular flexibility index (Phi) is 5.68. The lowest BCUT2D eigenvalue weighted by atomic mass is 10.2. The van der Waals surface area contributed by atoms with E-state index in [9.17, 15) is 22.8 Å². The van der Waals surface area contributed by atoms with Crippen LogP contribution in [0.3, 0.4) is 0 Å². The van der Waals surface area contributed by atoms with E-state index in [0.717, 1.165) is 12.3 Å². The number of hydrogen-bond acceptors (Lipinski definition) is 7. The summed E-state index contributed by atoms with van der Waals surface area (Å²) in [6, 6.07) is 2.12. The third-order valence-electron chi connectivity index (χ3n) is 4.41. The Morgan fingerprint density at radius 2 is 1.86 bits per heavy atom. The molecule has 1 amide bonds. The highest BCUT2D eigenvalue weighted by atomic mass is 19.4. The molecule has 2 aromatic heterocycles. The highest BCUT2D eigenvalue weighted by Crippen LogP contribution is 2.28. The van der Waals surface area contributed by atoms with Crippen LogP contribution in [0.2, 0.25) is 0 Å². The number of ketones is 1. The molecule has 0 bridgehead atoms. The summed E-state index contributed by atoms with van der Waals surface area (Å²) in [7, 11) is 0. The molecular weight excluding hydrogens is 379 g/mol.